The van der Waals surface area contributed by atoms with Crippen molar-refractivity contribution < 1.29 is 70.2 Å². The summed E-state index contributed by atoms with van der Waals surface area (Å²) in [6.45, 7) is 20.9. The van der Waals surface area contributed by atoms with Crippen molar-refractivity contribution in [1.82, 2.24) is 9.80 Å². The Balaban J connectivity index is 1.39. The fourth-order valence-electron chi connectivity index (χ4n) is 9.86. The summed E-state index contributed by atoms with van der Waals surface area (Å²) in [5, 5.41) is 111. The second-order valence-corrected chi connectivity index (χ2v) is 21.8. The number of carboxylic acid groups (broad SMARTS) is 2. The highest BCUT2D eigenvalue weighted by Crippen LogP contribution is 2.54. The Bertz CT molecular complexity index is 3070. The lowest BCUT2D eigenvalue weighted by Crippen LogP contribution is -2.64. The second-order valence-electron chi connectivity index (χ2n) is 18.2. The van der Waals surface area contributed by atoms with Crippen LogP contribution in [0, 0.1) is 0 Å². The van der Waals surface area contributed by atoms with E-state index in [1.165, 1.54) is 33.3 Å². The number of aliphatic imine (C=N–C) groups is 2. The molecule has 2 amide bonds. The Morgan fingerprint density at radius 3 is 1.15 bits per heavy atom. The third-order valence-corrected chi connectivity index (χ3v) is 16.0. The van der Waals surface area contributed by atoms with Crippen molar-refractivity contribution in [2.75, 3.05) is 0 Å². The molecule has 4 aliphatic rings. The number of carbonyl (C=O) groups is 4. The van der Waals surface area contributed by atoms with Crippen molar-refractivity contribution in [3.63, 3.8) is 0 Å². The highest BCUT2D eigenvalue weighted by atomic mass is 32.2. The first-order valence-electron chi connectivity index (χ1n) is 20.4. The van der Waals surface area contributed by atoms with Gasteiger partial charge in [-0.15, -0.1) is 23.5 Å². The molecule has 66 heavy (non-hydrogen) atoms. The molecule has 10 N–H and O–H groups in total. The third-order valence-electron chi connectivity index (χ3n) is 12.8. The molecule has 0 saturated carbocycles. The number of benzene rings is 4. The van der Waals surface area contributed by atoms with Crippen LogP contribution in [0.1, 0.15) is 66.5 Å². The van der Waals surface area contributed by atoms with E-state index in [4.69, 9.17) is 0 Å². The van der Waals surface area contributed by atoms with Gasteiger partial charge in [0.1, 0.15) is 45.8 Å². The lowest BCUT2D eigenvalue weighted by atomic mass is 9.87. The highest BCUT2D eigenvalue weighted by molar-refractivity contribution is 8.02. The maximum Gasteiger partial charge on any atom is 0.327 e. The van der Waals surface area contributed by atoms with Crippen molar-refractivity contribution in [2.45, 2.75) is 99.8 Å². The van der Waals surface area contributed by atoms with Crippen LogP contribution in [0.4, 0.5) is 0 Å². The number of hydrogen-bond acceptors (Lipinski definition) is 16. The van der Waals surface area contributed by atoms with Gasteiger partial charge in [0.2, 0.25) is 0 Å². The van der Waals surface area contributed by atoms with E-state index >= 15 is 0 Å². The van der Waals surface area contributed by atoms with Gasteiger partial charge in [0.15, 0.2) is 35.1 Å². The molecule has 0 aromatic heterocycles. The molecule has 0 spiro atoms. The number of aromatic hydroxyl groups is 8. The van der Waals surface area contributed by atoms with Gasteiger partial charge >= 0.3 is 11.9 Å². The minimum absolute atomic E-state index is 0.118. The van der Waals surface area contributed by atoms with Crippen LogP contribution in [0.5, 0.6) is 46.0 Å². The number of hydrogen-bond donors (Lipinski definition) is 10. The number of rotatable bonds is 7. The van der Waals surface area contributed by atoms with Gasteiger partial charge in [-0.1, -0.05) is 24.3 Å². The van der Waals surface area contributed by atoms with Gasteiger partial charge in [-0.25, -0.2) is 9.59 Å². The predicted molar refractivity (Wildman–Crippen MR) is 249 cm³/mol. The minimum Gasteiger partial charge on any atom is -0.507 e. The van der Waals surface area contributed by atoms with Crippen molar-refractivity contribution in [2.24, 2.45) is 9.98 Å². The molecule has 0 aliphatic carbocycles. The second kappa shape index (κ2) is 14.9. The number of nitrogens with zero attached hydrogens (tertiary/aromatic N) is 4. The fourth-order valence-corrected chi connectivity index (χ4v) is 13.1. The number of aliphatic carboxylic acids is 2. The molecule has 4 aliphatic heterocycles. The van der Waals surface area contributed by atoms with E-state index in [0.717, 1.165) is 12.4 Å². The Morgan fingerprint density at radius 1 is 0.545 bits per heavy atom. The summed E-state index contributed by atoms with van der Waals surface area (Å²) in [5.74, 6) is -9.79. The zero-order chi connectivity index (χ0) is 48.9. The summed E-state index contributed by atoms with van der Waals surface area (Å²) < 4.78 is -1.79. The molecule has 8 rings (SSSR count). The molecular formula is C46H46N4O14S2. The smallest absolute Gasteiger partial charge is 0.327 e. The van der Waals surface area contributed by atoms with Crippen LogP contribution in [-0.2, 0) is 19.2 Å². The number of carboxylic acids is 2. The number of thioether (sulfide) groups is 2. The topological polar surface area (TPSA) is 302 Å². The molecule has 4 heterocycles. The Labute approximate surface area is 383 Å². The average molecular weight is 943 g/mol. The Kier molecular flexibility index (Phi) is 10.3. The highest BCUT2D eigenvalue weighted by Gasteiger charge is 2.65. The maximum atomic E-state index is 13.4. The van der Waals surface area contributed by atoms with Crippen LogP contribution >= 0.6 is 23.5 Å². The van der Waals surface area contributed by atoms with Crippen molar-refractivity contribution in [3.05, 3.63) is 32.0 Å². The molecular weight excluding hydrogens is 897 g/mol. The lowest BCUT2D eigenvalue weighted by Gasteiger charge is -2.41. The molecule has 0 radical (unpaired) electrons. The Hall–Kier alpha value is -6.80. The molecule has 4 aromatic rings. The summed E-state index contributed by atoms with van der Waals surface area (Å²) in [5.41, 5.74) is -1.06. The summed E-state index contributed by atoms with van der Waals surface area (Å²) >= 11 is 2.41. The van der Waals surface area contributed by atoms with Crippen LogP contribution in [0.15, 0.2) is 9.98 Å². The van der Waals surface area contributed by atoms with E-state index in [0.29, 0.717) is 11.1 Å². The quantitative estimate of drug-likeness (QED) is 0.0551. The molecule has 20 heteroatoms. The van der Waals surface area contributed by atoms with Gasteiger partial charge in [0.05, 0.1) is 0 Å². The number of β-lactam (4-membered cyclic amide) rings is 2. The normalized spacial score (nSPS) is 24.0. The number of carbonyl (C=O) groups excluding carboxylic acids is 2. The Morgan fingerprint density at radius 2 is 0.864 bits per heavy atom. The molecule has 6 atom stereocenters. The first kappa shape index (κ1) is 45.8. The van der Waals surface area contributed by atoms with E-state index in [1.807, 2.05) is 0 Å². The van der Waals surface area contributed by atoms with Crippen molar-refractivity contribution in [1.29, 1.82) is 0 Å². The summed E-state index contributed by atoms with van der Waals surface area (Å²) in [6.07, 6.45) is 1.99. The molecule has 346 valence electrons. The van der Waals surface area contributed by atoms with E-state index < -0.39 is 136 Å². The molecule has 4 saturated heterocycles. The van der Waals surface area contributed by atoms with E-state index in [-0.39, 0.29) is 42.4 Å². The zero-order valence-electron chi connectivity index (χ0n) is 36.7. The molecule has 4 aromatic carbocycles. The van der Waals surface area contributed by atoms with Crippen molar-refractivity contribution in [3.8, 4) is 57.1 Å². The third kappa shape index (κ3) is 6.02. The fraction of sp³-hybridized carbons (Fsp3) is 0.348. The van der Waals surface area contributed by atoms with E-state index in [1.54, 1.807) is 55.4 Å². The van der Waals surface area contributed by atoms with Gasteiger partial charge in [0, 0.05) is 86.6 Å². The van der Waals surface area contributed by atoms with Crippen LogP contribution in [0.3, 0.4) is 0 Å². The number of amides is 2. The number of fused-ring (bicyclic) bond motifs is 4. The standard InChI is InChI=1S/C46H46N4O14S2/c1-13(2)19-25-23(17(31(53)35(19)57)11-47-27-39(59)49-37(43(61)62)45(7,8)65-41(27)49)33(55)21(15(5)29(25)51)22-16(6)30(52)26-20(14(3)4)36(58)32(54)18(24(26)34(22)56)12-48-28-40(60)50-38(44(63)64)46(9,10)66-42(28)50/h11-12,27-28,37-38,41-42,51-58H,5-6H2,1-4,7-10H3,(H,61,62)(H,63,64)/t27-,28-,37+,38+,41-,42-/m1/s1. The predicted octanol–water partition coefficient (Wildman–Crippen LogP) is 2.38. The monoisotopic (exact) mass is 942 g/mol. The van der Waals surface area contributed by atoms with Crippen molar-refractivity contribution >= 4 is 106 Å². The summed E-state index contributed by atoms with van der Waals surface area (Å²) in [4.78, 5) is 62.3. The van der Waals surface area contributed by atoms with E-state index in [2.05, 4.69) is 23.1 Å². The maximum absolute atomic E-state index is 13.4. The summed E-state index contributed by atoms with van der Waals surface area (Å²) in [6, 6.07) is -4.62. The SMILES string of the molecule is C=c1c(-c2c(O)c3c(C=N[C@@H]4C(=O)N5[C@@H]4SC(C)(C)[C@@H]5C(=O)O)c(O)c(O)c(=C(C)C)c3c(O)c2=C)c(O)c2c(C=N[C@@H]3C(=O)N4[C@@H]3SC(C)(C)[C@@H]4C(=O)O)c(O)c(O)c(=C(C)C)c2c1O. The molecule has 4 fully saturated rings. The van der Waals surface area contributed by atoms with Gasteiger partial charge in [-0.05, 0) is 55.4 Å². The average Bonchev–Trinajstić information content (AvgIpc) is 3.63. The molecule has 18 nitrogen and oxygen atoms in total. The minimum atomic E-state index is -1.20. The first-order chi connectivity index (χ1) is 30.6. The lowest BCUT2D eigenvalue weighted by molar-refractivity contribution is -0.158. The van der Waals surface area contributed by atoms with E-state index in [9.17, 15) is 70.2 Å². The largest absolute Gasteiger partial charge is 0.507 e. The van der Waals surface area contributed by atoms with Gasteiger partial charge in [0.25, 0.3) is 11.8 Å². The number of phenols is 8. The van der Waals surface area contributed by atoms with Gasteiger partial charge in [-0.3, -0.25) is 19.6 Å². The van der Waals surface area contributed by atoms with Crippen LogP contribution < -0.4 is 20.9 Å². The van der Waals surface area contributed by atoms with Gasteiger partial charge in [-0.2, -0.15) is 0 Å². The molecule has 0 unspecified atom stereocenters. The number of phenolic OH excluding ortho intramolecular Hbond substituents is 8. The van der Waals surface area contributed by atoms with Crippen LogP contribution in [0.25, 0.3) is 57.0 Å². The zero-order valence-corrected chi connectivity index (χ0v) is 38.4. The van der Waals surface area contributed by atoms with Crippen LogP contribution in [-0.4, -0.2) is 141 Å². The summed E-state index contributed by atoms with van der Waals surface area (Å²) in [7, 11) is 0. The molecule has 0 bridgehead atoms. The van der Waals surface area contributed by atoms with Crippen LogP contribution in [0.2, 0.25) is 0 Å². The van der Waals surface area contributed by atoms with Gasteiger partial charge < -0.3 is 60.9 Å². The first-order valence-corrected chi connectivity index (χ1v) is 22.1.